The molecule has 0 aliphatic rings. The third-order valence-corrected chi connectivity index (χ3v) is 5.23. The van der Waals surface area contributed by atoms with E-state index in [4.69, 9.17) is 5.14 Å². The number of nitrogens with zero attached hydrogens (tertiary/aromatic N) is 1. The van der Waals surface area contributed by atoms with Crippen LogP contribution in [0.5, 0.6) is 0 Å². The van der Waals surface area contributed by atoms with Crippen molar-refractivity contribution in [2.75, 3.05) is 11.9 Å². The first-order valence-corrected chi connectivity index (χ1v) is 10.2. The van der Waals surface area contributed by atoms with Gasteiger partial charge in [0.15, 0.2) is 0 Å². The molecule has 1 unspecified atom stereocenters. The molecule has 0 aliphatic carbocycles. The Morgan fingerprint density at radius 1 is 1.00 bits per heavy atom. The zero-order valence-corrected chi connectivity index (χ0v) is 16.0. The molecule has 3 rings (SSSR count). The van der Waals surface area contributed by atoms with Crippen LogP contribution >= 0.6 is 0 Å². The number of nitro benzene ring substituents is 1. The molecule has 4 N–H and O–H groups in total. The molecule has 0 saturated carbocycles. The lowest BCUT2D eigenvalue weighted by atomic mass is 10.0. The number of hydrogen-bond acceptors (Lipinski definition) is 6. The van der Waals surface area contributed by atoms with Crippen LogP contribution in [0.3, 0.4) is 0 Å². The van der Waals surface area contributed by atoms with E-state index < -0.39 is 26.7 Å². The Bertz CT molecular complexity index is 1120. The van der Waals surface area contributed by atoms with Crippen molar-refractivity contribution in [3.63, 3.8) is 0 Å². The maximum atomic E-state index is 11.5. The second kappa shape index (κ2) is 8.39. The average Bonchev–Trinajstić information content (AvgIpc) is 2.72. The minimum Gasteiger partial charge on any atom is -0.387 e. The van der Waals surface area contributed by atoms with Crippen LogP contribution in [0.15, 0.2) is 77.7 Å². The third kappa shape index (κ3) is 5.17. The molecule has 0 saturated heterocycles. The predicted molar refractivity (Wildman–Crippen MR) is 110 cm³/mol. The van der Waals surface area contributed by atoms with Gasteiger partial charge >= 0.3 is 0 Å². The standard InChI is InChI=1S/C20H19N3O5S/c21-29(27,28)19-11-17(10-18(12-19)23(25)26)22-13-20(24)16-8-6-15(7-9-16)14-4-2-1-3-5-14/h1-12,20,22,24H,13H2,(H2,21,27,28). The minimum absolute atomic E-state index is 0.0237. The summed E-state index contributed by atoms with van der Waals surface area (Å²) in [5.74, 6) is 0. The largest absolute Gasteiger partial charge is 0.387 e. The second-order valence-electron chi connectivity index (χ2n) is 6.40. The molecule has 3 aromatic rings. The number of nitrogens with one attached hydrogen (secondary N) is 1. The molecule has 3 aromatic carbocycles. The van der Waals surface area contributed by atoms with E-state index in [1.807, 2.05) is 42.5 Å². The SMILES string of the molecule is NS(=O)(=O)c1cc(NCC(O)c2ccc(-c3ccccc3)cc2)cc([N+](=O)[O-])c1. The minimum atomic E-state index is -4.11. The van der Waals surface area contributed by atoms with Crippen molar-refractivity contribution < 1.29 is 18.4 Å². The molecule has 0 heterocycles. The van der Waals surface area contributed by atoms with E-state index in [-0.39, 0.29) is 17.1 Å². The summed E-state index contributed by atoms with van der Waals surface area (Å²) in [5, 5.41) is 29.3. The molecule has 0 aliphatic heterocycles. The molecular weight excluding hydrogens is 394 g/mol. The number of anilines is 1. The zero-order valence-electron chi connectivity index (χ0n) is 15.2. The van der Waals surface area contributed by atoms with Crippen molar-refractivity contribution in [2.24, 2.45) is 5.14 Å². The Hall–Kier alpha value is -3.27. The second-order valence-corrected chi connectivity index (χ2v) is 7.96. The van der Waals surface area contributed by atoms with Gasteiger partial charge in [-0.15, -0.1) is 0 Å². The molecule has 0 bridgehead atoms. The number of primary sulfonamides is 1. The van der Waals surface area contributed by atoms with Gasteiger partial charge in [-0.1, -0.05) is 54.6 Å². The van der Waals surface area contributed by atoms with E-state index >= 15 is 0 Å². The highest BCUT2D eigenvalue weighted by atomic mass is 32.2. The lowest BCUT2D eigenvalue weighted by Gasteiger charge is -2.14. The number of non-ortho nitro benzene ring substituents is 1. The van der Waals surface area contributed by atoms with Crippen molar-refractivity contribution in [3.05, 3.63) is 88.5 Å². The first-order chi connectivity index (χ1) is 13.7. The van der Waals surface area contributed by atoms with Gasteiger partial charge in [-0.3, -0.25) is 10.1 Å². The van der Waals surface area contributed by atoms with Crippen molar-refractivity contribution >= 4 is 21.4 Å². The predicted octanol–water partition coefficient (Wildman–Crippen LogP) is 3.05. The Kier molecular flexibility index (Phi) is 5.92. The lowest BCUT2D eigenvalue weighted by molar-refractivity contribution is -0.385. The summed E-state index contributed by atoms with van der Waals surface area (Å²) in [4.78, 5) is 9.95. The number of rotatable bonds is 7. The van der Waals surface area contributed by atoms with Gasteiger partial charge in [0.2, 0.25) is 10.0 Å². The monoisotopic (exact) mass is 413 g/mol. The maximum absolute atomic E-state index is 11.5. The molecule has 29 heavy (non-hydrogen) atoms. The Morgan fingerprint density at radius 2 is 1.62 bits per heavy atom. The van der Waals surface area contributed by atoms with Crippen LogP contribution in [-0.4, -0.2) is 25.0 Å². The van der Waals surface area contributed by atoms with Gasteiger partial charge in [0.05, 0.1) is 15.9 Å². The van der Waals surface area contributed by atoms with Crippen molar-refractivity contribution in [2.45, 2.75) is 11.0 Å². The number of nitrogens with two attached hydrogens (primary N) is 1. The average molecular weight is 413 g/mol. The normalized spacial score (nSPS) is 12.3. The number of sulfonamides is 1. The van der Waals surface area contributed by atoms with Crippen molar-refractivity contribution in [1.82, 2.24) is 0 Å². The molecular formula is C20H19N3O5S. The highest BCUT2D eigenvalue weighted by molar-refractivity contribution is 7.89. The Morgan fingerprint density at radius 3 is 2.21 bits per heavy atom. The molecule has 8 nitrogen and oxygen atoms in total. The van der Waals surface area contributed by atoms with Gasteiger partial charge in [0.25, 0.3) is 5.69 Å². The fourth-order valence-electron chi connectivity index (χ4n) is 2.82. The molecule has 9 heteroatoms. The summed E-state index contributed by atoms with van der Waals surface area (Å²) in [7, 11) is -4.11. The fraction of sp³-hybridized carbons (Fsp3) is 0.100. The van der Waals surface area contributed by atoms with Crippen LogP contribution in [0.1, 0.15) is 11.7 Å². The summed E-state index contributed by atoms with van der Waals surface area (Å²) in [6, 6.07) is 20.4. The number of benzene rings is 3. The number of hydrogen-bond donors (Lipinski definition) is 3. The van der Waals surface area contributed by atoms with E-state index in [1.165, 1.54) is 12.1 Å². The summed E-state index contributed by atoms with van der Waals surface area (Å²) in [6.07, 6.45) is -0.906. The fourth-order valence-corrected chi connectivity index (χ4v) is 3.39. The Balaban J connectivity index is 1.74. The van der Waals surface area contributed by atoms with Gasteiger partial charge in [-0.05, 0) is 22.8 Å². The van der Waals surface area contributed by atoms with Gasteiger partial charge in [-0.25, -0.2) is 13.6 Å². The van der Waals surface area contributed by atoms with E-state index in [9.17, 15) is 23.6 Å². The number of aliphatic hydroxyl groups is 1. The molecule has 0 spiro atoms. The molecule has 1 atom stereocenters. The molecule has 0 aromatic heterocycles. The van der Waals surface area contributed by atoms with Gasteiger partial charge in [-0.2, -0.15) is 0 Å². The summed E-state index contributed by atoms with van der Waals surface area (Å²) >= 11 is 0. The lowest BCUT2D eigenvalue weighted by Crippen LogP contribution is -2.15. The summed E-state index contributed by atoms with van der Waals surface area (Å²) in [5.41, 5.74) is 2.46. The molecule has 150 valence electrons. The van der Waals surface area contributed by atoms with Crippen LogP contribution in [0.2, 0.25) is 0 Å². The van der Waals surface area contributed by atoms with Gasteiger partial charge in [0, 0.05) is 24.4 Å². The molecule has 0 fully saturated rings. The Labute approximate surface area is 167 Å². The van der Waals surface area contributed by atoms with E-state index in [2.05, 4.69) is 5.32 Å². The zero-order chi connectivity index (χ0) is 21.0. The highest BCUT2D eigenvalue weighted by Crippen LogP contribution is 2.25. The smallest absolute Gasteiger partial charge is 0.272 e. The topological polar surface area (TPSA) is 136 Å². The van der Waals surface area contributed by atoms with Crippen LogP contribution < -0.4 is 10.5 Å². The van der Waals surface area contributed by atoms with Gasteiger partial charge < -0.3 is 10.4 Å². The van der Waals surface area contributed by atoms with E-state index in [0.29, 0.717) is 5.56 Å². The van der Waals surface area contributed by atoms with Crippen LogP contribution in [0.4, 0.5) is 11.4 Å². The first kappa shape index (κ1) is 20.5. The highest BCUT2D eigenvalue weighted by Gasteiger charge is 2.17. The number of aliphatic hydroxyl groups excluding tert-OH is 1. The van der Waals surface area contributed by atoms with E-state index in [0.717, 1.165) is 17.2 Å². The first-order valence-electron chi connectivity index (χ1n) is 8.63. The van der Waals surface area contributed by atoms with E-state index in [1.54, 1.807) is 12.1 Å². The molecule has 0 radical (unpaired) electrons. The quantitative estimate of drug-likeness (QED) is 0.402. The summed E-state index contributed by atoms with van der Waals surface area (Å²) in [6.45, 7) is 0.0237. The van der Waals surface area contributed by atoms with Crippen molar-refractivity contribution in [1.29, 1.82) is 0 Å². The third-order valence-electron chi connectivity index (χ3n) is 4.33. The maximum Gasteiger partial charge on any atom is 0.272 e. The van der Waals surface area contributed by atoms with Crippen LogP contribution in [0, 0.1) is 10.1 Å². The number of nitro groups is 1. The van der Waals surface area contributed by atoms with Crippen molar-refractivity contribution in [3.8, 4) is 11.1 Å². The molecule has 0 amide bonds. The van der Waals surface area contributed by atoms with Gasteiger partial charge in [0.1, 0.15) is 0 Å². The van der Waals surface area contributed by atoms with Crippen LogP contribution in [0.25, 0.3) is 11.1 Å². The van der Waals surface area contributed by atoms with Crippen LogP contribution in [-0.2, 0) is 10.0 Å². The summed E-state index contributed by atoms with van der Waals surface area (Å²) < 4.78 is 23.1.